The molecule has 4 heterocycles. The number of urea groups is 1. The van der Waals surface area contributed by atoms with Crippen LogP contribution in [0.1, 0.15) is 22.9 Å². The van der Waals surface area contributed by atoms with Gasteiger partial charge < -0.3 is 20.0 Å². The summed E-state index contributed by atoms with van der Waals surface area (Å²) < 4.78 is 6.05. The lowest BCUT2D eigenvalue weighted by atomic mass is 10.0. The number of benzene rings is 3. The van der Waals surface area contributed by atoms with Gasteiger partial charge in [0.2, 0.25) is 5.89 Å². The molecule has 7 rings (SSSR count). The fourth-order valence-corrected chi connectivity index (χ4v) is 4.71. The lowest BCUT2D eigenvalue weighted by Crippen LogP contribution is -2.40. The van der Waals surface area contributed by atoms with Gasteiger partial charge in [-0.1, -0.05) is 36.4 Å². The van der Waals surface area contributed by atoms with Crippen LogP contribution in [0.4, 0.5) is 10.5 Å². The highest BCUT2D eigenvalue weighted by atomic mass is 16.3. The molecule has 3 aromatic carbocycles. The van der Waals surface area contributed by atoms with E-state index in [1.54, 1.807) is 0 Å². The van der Waals surface area contributed by atoms with Crippen molar-refractivity contribution in [3.8, 4) is 11.3 Å². The molecule has 0 radical (unpaired) electrons. The van der Waals surface area contributed by atoms with Gasteiger partial charge in [0.05, 0.1) is 11.4 Å². The van der Waals surface area contributed by atoms with E-state index in [2.05, 4.69) is 31.9 Å². The van der Waals surface area contributed by atoms with Gasteiger partial charge in [-0.05, 0) is 35.4 Å². The van der Waals surface area contributed by atoms with E-state index >= 15 is 0 Å². The van der Waals surface area contributed by atoms with Crippen LogP contribution in [0, 0.1) is 0 Å². The minimum atomic E-state index is -0.0938. The van der Waals surface area contributed by atoms with Crippen molar-refractivity contribution in [2.75, 3.05) is 18.4 Å². The Labute approximate surface area is 195 Å². The summed E-state index contributed by atoms with van der Waals surface area (Å²) in [6, 6.07) is 20.1. The van der Waals surface area contributed by atoms with E-state index in [4.69, 9.17) is 4.42 Å². The molecule has 3 N–H and O–H groups in total. The van der Waals surface area contributed by atoms with Crippen LogP contribution in [0.2, 0.25) is 0 Å². The van der Waals surface area contributed by atoms with Crippen molar-refractivity contribution in [2.45, 2.75) is 19.0 Å². The van der Waals surface area contributed by atoms with Crippen molar-refractivity contribution in [3.63, 3.8) is 0 Å². The molecule has 2 aliphatic heterocycles. The number of aromatic amines is 1. The molecule has 1 saturated heterocycles. The first-order chi connectivity index (χ1) is 16.7. The van der Waals surface area contributed by atoms with Gasteiger partial charge in [0, 0.05) is 42.8 Å². The number of hydrogen-bond donors (Lipinski definition) is 3. The Hall–Kier alpha value is -4.17. The molecule has 0 atom stereocenters. The number of amides is 2. The van der Waals surface area contributed by atoms with Gasteiger partial charge in [0.25, 0.3) is 0 Å². The van der Waals surface area contributed by atoms with Crippen molar-refractivity contribution >= 4 is 33.7 Å². The normalized spacial score (nSPS) is 16.0. The van der Waals surface area contributed by atoms with Crippen LogP contribution in [0.3, 0.4) is 0 Å². The van der Waals surface area contributed by atoms with Crippen LogP contribution in [0.25, 0.3) is 33.3 Å². The summed E-state index contributed by atoms with van der Waals surface area (Å²) in [4.78, 5) is 19.2. The molecule has 0 saturated carbocycles. The summed E-state index contributed by atoms with van der Waals surface area (Å²) >= 11 is 0. The van der Waals surface area contributed by atoms with Gasteiger partial charge in [0.15, 0.2) is 5.58 Å². The molecular formula is C26H22N6O2. The number of carbonyl (C=O) groups excluding carboxylic acids is 1. The maximum absolute atomic E-state index is 12.7. The zero-order chi connectivity index (χ0) is 22.6. The summed E-state index contributed by atoms with van der Waals surface area (Å²) in [5, 5.41) is 15.0. The summed E-state index contributed by atoms with van der Waals surface area (Å²) in [5.41, 5.74) is 7.32. The molecule has 0 aliphatic carbocycles. The lowest BCUT2D eigenvalue weighted by Gasteiger charge is -2.29. The van der Waals surface area contributed by atoms with Gasteiger partial charge >= 0.3 is 6.03 Å². The highest BCUT2D eigenvalue weighted by Gasteiger charge is 2.26. The molecular weight excluding hydrogens is 428 g/mol. The first-order valence-corrected chi connectivity index (χ1v) is 11.4. The molecule has 5 aromatic rings. The minimum absolute atomic E-state index is 0.0938. The van der Waals surface area contributed by atoms with E-state index < -0.39 is 0 Å². The molecule has 8 heteroatoms. The molecule has 0 spiro atoms. The van der Waals surface area contributed by atoms with E-state index in [0.717, 1.165) is 69.1 Å². The summed E-state index contributed by atoms with van der Waals surface area (Å²) in [6.45, 7) is 2.92. The number of anilines is 1. The van der Waals surface area contributed by atoms with E-state index in [9.17, 15) is 4.79 Å². The first-order valence-electron chi connectivity index (χ1n) is 11.4. The number of nitrogens with one attached hydrogen (secondary N) is 3. The third kappa shape index (κ3) is 3.14. The van der Waals surface area contributed by atoms with E-state index in [1.165, 1.54) is 0 Å². The third-order valence-electron chi connectivity index (χ3n) is 6.70. The number of oxazole rings is 1. The summed E-state index contributed by atoms with van der Waals surface area (Å²) in [6.07, 6.45) is 0. The molecule has 1 fully saturated rings. The largest absolute Gasteiger partial charge is 0.440 e. The first kappa shape index (κ1) is 19.3. The number of aromatic nitrogens is 3. The average molecular weight is 451 g/mol. The lowest BCUT2D eigenvalue weighted by molar-refractivity contribution is 0.204. The number of nitrogens with zero attached hydrogens (tertiary/aromatic N) is 3. The van der Waals surface area contributed by atoms with Crippen LogP contribution in [0.15, 0.2) is 65.1 Å². The predicted octanol–water partition coefficient (Wildman–Crippen LogP) is 4.61. The smallest absolute Gasteiger partial charge is 0.322 e. The highest BCUT2D eigenvalue weighted by Crippen LogP contribution is 2.35. The SMILES string of the molecule is O=C1Nc2cc3[nH]nc(-c4ccc5nc(C6CNC6)oc5c4)c3cc2CN1Cc1ccccc1. The van der Waals surface area contributed by atoms with E-state index in [1.807, 2.05) is 59.5 Å². The van der Waals surface area contributed by atoms with Crippen molar-refractivity contribution < 1.29 is 9.21 Å². The quantitative estimate of drug-likeness (QED) is 0.372. The zero-order valence-corrected chi connectivity index (χ0v) is 18.3. The van der Waals surface area contributed by atoms with Gasteiger partial charge in [0.1, 0.15) is 11.2 Å². The fraction of sp³-hybridized carbons (Fsp3) is 0.192. The van der Waals surface area contributed by atoms with Crippen LogP contribution >= 0.6 is 0 Å². The van der Waals surface area contributed by atoms with E-state index in [0.29, 0.717) is 19.0 Å². The van der Waals surface area contributed by atoms with Crippen molar-refractivity contribution in [2.24, 2.45) is 0 Å². The summed E-state index contributed by atoms with van der Waals surface area (Å²) in [5.74, 6) is 1.14. The van der Waals surface area contributed by atoms with Crippen LogP contribution in [-0.2, 0) is 13.1 Å². The number of rotatable bonds is 4. The Bertz CT molecular complexity index is 1550. The fourth-order valence-electron chi connectivity index (χ4n) is 4.71. The van der Waals surface area contributed by atoms with Gasteiger partial charge in [-0.3, -0.25) is 5.10 Å². The monoisotopic (exact) mass is 450 g/mol. The van der Waals surface area contributed by atoms with Gasteiger partial charge in [-0.25, -0.2) is 9.78 Å². The molecule has 0 unspecified atom stereocenters. The minimum Gasteiger partial charge on any atom is -0.440 e. The van der Waals surface area contributed by atoms with Gasteiger partial charge in [-0.15, -0.1) is 0 Å². The topological polar surface area (TPSA) is 99.1 Å². The van der Waals surface area contributed by atoms with Gasteiger partial charge in [-0.2, -0.15) is 5.10 Å². The zero-order valence-electron chi connectivity index (χ0n) is 18.3. The van der Waals surface area contributed by atoms with Crippen LogP contribution in [-0.4, -0.2) is 39.2 Å². The number of H-pyrrole nitrogens is 1. The number of fused-ring (bicyclic) bond motifs is 3. The Morgan fingerprint density at radius 1 is 1.06 bits per heavy atom. The predicted molar refractivity (Wildman–Crippen MR) is 129 cm³/mol. The maximum Gasteiger partial charge on any atom is 0.322 e. The standard InChI is InChI=1S/C26H22N6O2/c33-26-29-21-10-22-19(8-17(21)14-32(26)13-15-4-2-1-3-5-15)24(31-30-22)16-6-7-20-23(9-16)34-25(28-20)18-11-27-12-18/h1-10,18,27H,11-14H2,(H,29,33)(H,30,31). The Morgan fingerprint density at radius 3 is 2.76 bits per heavy atom. The second-order valence-corrected chi connectivity index (χ2v) is 8.99. The molecule has 168 valence electrons. The van der Waals surface area contributed by atoms with Crippen LogP contribution < -0.4 is 10.6 Å². The second kappa shape index (κ2) is 7.43. The third-order valence-corrected chi connectivity index (χ3v) is 6.70. The van der Waals surface area contributed by atoms with Crippen LogP contribution in [0.5, 0.6) is 0 Å². The molecule has 34 heavy (non-hydrogen) atoms. The Kier molecular flexibility index (Phi) is 4.22. The Balaban J connectivity index is 1.24. The molecule has 0 bridgehead atoms. The van der Waals surface area contributed by atoms with E-state index in [-0.39, 0.29) is 6.03 Å². The maximum atomic E-state index is 12.7. The number of hydrogen-bond acceptors (Lipinski definition) is 5. The molecule has 2 aliphatic rings. The second-order valence-electron chi connectivity index (χ2n) is 8.99. The summed E-state index contributed by atoms with van der Waals surface area (Å²) in [7, 11) is 0. The average Bonchev–Trinajstić information content (AvgIpc) is 3.40. The van der Waals surface area contributed by atoms with Crippen molar-refractivity contribution in [3.05, 3.63) is 77.7 Å². The number of carbonyl (C=O) groups is 1. The van der Waals surface area contributed by atoms with Crippen molar-refractivity contribution in [1.82, 2.24) is 25.4 Å². The van der Waals surface area contributed by atoms with Crippen molar-refractivity contribution in [1.29, 1.82) is 0 Å². The molecule has 2 amide bonds. The molecule has 8 nitrogen and oxygen atoms in total. The highest BCUT2D eigenvalue weighted by molar-refractivity contribution is 6.00. The Morgan fingerprint density at radius 2 is 1.94 bits per heavy atom. The molecule has 2 aromatic heterocycles.